The Morgan fingerprint density at radius 3 is 0.986 bits per heavy atom. The highest BCUT2D eigenvalue weighted by molar-refractivity contribution is 5.95. The summed E-state index contributed by atoms with van der Waals surface area (Å²) in [6, 6.07) is 33.3. The first-order valence-corrected chi connectivity index (χ1v) is 25.7. The van der Waals surface area contributed by atoms with Crippen molar-refractivity contribution in [3.8, 4) is 28.7 Å². The number of rotatable bonds is 34. The second-order valence-corrected chi connectivity index (χ2v) is 17.7. The van der Waals surface area contributed by atoms with E-state index in [2.05, 4.69) is 24.1 Å². The van der Waals surface area contributed by atoms with Gasteiger partial charge in [0.1, 0.15) is 28.7 Å². The highest BCUT2D eigenvalue weighted by Gasteiger charge is 2.15. The molecular formula is C59H74N2O8. The molecule has 5 rings (SSSR count). The van der Waals surface area contributed by atoms with Gasteiger partial charge in [0.15, 0.2) is 0 Å². The molecule has 0 heterocycles. The molecule has 10 nitrogen and oxygen atoms in total. The topological polar surface area (TPSA) is 122 Å². The van der Waals surface area contributed by atoms with Gasteiger partial charge < -0.3 is 23.7 Å². The summed E-state index contributed by atoms with van der Waals surface area (Å²) in [6.07, 6.45) is 28.5. The average Bonchev–Trinajstić information content (AvgIpc) is 3.37. The van der Waals surface area contributed by atoms with E-state index in [0.717, 1.165) is 25.0 Å². The molecule has 0 aliphatic rings. The van der Waals surface area contributed by atoms with Crippen LogP contribution in [0.25, 0.3) is 0 Å². The number of benzene rings is 5. The summed E-state index contributed by atoms with van der Waals surface area (Å²) in [5.41, 5.74) is 2.13. The first-order chi connectivity index (χ1) is 33.9. The van der Waals surface area contributed by atoms with Gasteiger partial charge in [-0.1, -0.05) is 148 Å². The Balaban J connectivity index is 0.950. The van der Waals surface area contributed by atoms with Crippen LogP contribution in [0, 0.1) is 0 Å². The molecule has 5 aromatic carbocycles. The fourth-order valence-electron chi connectivity index (χ4n) is 7.75. The standard InChI is InChI=1S/C59H74N2O8/c1-3-5-7-9-11-13-14-15-16-17-18-20-22-24-45-66-53-40-34-50(35-41-53)60-61-51-36-42-54(43-37-51)67-57(62)47-28-30-48(31-29-47)58(63)68-55-26-25-27-56(46-55)69-59(64)49-32-38-52(39-33-49)65-44-23-21-19-12-10-8-6-4-2/h25-43,46H,3-24,44-45H2,1-2H3. The van der Waals surface area contributed by atoms with Crippen molar-refractivity contribution in [1.82, 2.24) is 0 Å². The fourth-order valence-corrected chi connectivity index (χ4v) is 7.75. The maximum atomic E-state index is 13.0. The second kappa shape index (κ2) is 32.5. The lowest BCUT2D eigenvalue weighted by atomic mass is 10.0. The van der Waals surface area contributed by atoms with Crippen LogP contribution in [0.1, 0.15) is 186 Å². The van der Waals surface area contributed by atoms with Crippen LogP contribution in [0.5, 0.6) is 28.7 Å². The minimum Gasteiger partial charge on any atom is -0.494 e. The number of carbonyl (C=O) groups excluding carboxylic acids is 3. The van der Waals surface area contributed by atoms with Crippen molar-refractivity contribution in [2.45, 2.75) is 155 Å². The number of esters is 3. The molecule has 5 aromatic rings. The molecular weight excluding hydrogens is 865 g/mol. The fraction of sp³-hybridized carbons (Fsp3) is 0.441. The zero-order valence-corrected chi connectivity index (χ0v) is 41.2. The number of carbonyl (C=O) groups is 3. The number of hydrogen-bond donors (Lipinski definition) is 0. The van der Waals surface area contributed by atoms with E-state index in [1.165, 1.54) is 152 Å². The van der Waals surface area contributed by atoms with Crippen molar-refractivity contribution in [3.05, 3.63) is 138 Å². The molecule has 368 valence electrons. The van der Waals surface area contributed by atoms with Gasteiger partial charge in [-0.15, -0.1) is 0 Å². The van der Waals surface area contributed by atoms with Gasteiger partial charge in [-0.05, 0) is 122 Å². The summed E-state index contributed by atoms with van der Waals surface area (Å²) < 4.78 is 28.5. The molecule has 0 spiro atoms. The van der Waals surface area contributed by atoms with Crippen LogP contribution in [0.2, 0.25) is 0 Å². The molecule has 0 amide bonds. The number of azo groups is 1. The molecule has 69 heavy (non-hydrogen) atoms. The third-order valence-corrected chi connectivity index (χ3v) is 11.9. The zero-order chi connectivity index (χ0) is 48.6. The lowest BCUT2D eigenvalue weighted by Crippen LogP contribution is -2.11. The van der Waals surface area contributed by atoms with Gasteiger partial charge in [0.2, 0.25) is 0 Å². The monoisotopic (exact) mass is 939 g/mol. The van der Waals surface area contributed by atoms with E-state index in [1.807, 2.05) is 24.3 Å². The molecule has 0 unspecified atom stereocenters. The Hall–Kier alpha value is -6.29. The highest BCUT2D eigenvalue weighted by atomic mass is 16.5. The van der Waals surface area contributed by atoms with Crippen LogP contribution >= 0.6 is 0 Å². The normalized spacial score (nSPS) is 11.1. The van der Waals surface area contributed by atoms with Crippen molar-refractivity contribution in [3.63, 3.8) is 0 Å². The van der Waals surface area contributed by atoms with Crippen molar-refractivity contribution in [2.24, 2.45) is 10.2 Å². The van der Waals surface area contributed by atoms with Gasteiger partial charge in [0.25, 0.3) is 0 Å². The summed E-state index contributed by atoms with van der Waals surface area (Å²) in [5.74, 6) is 0.470. The predicted molar refractivity (Wildman–Crippen MR) is 275 cm³/mol. The van der Waals surface area contributed by atoms with Crippen LogP contribution in [-0.4, -0.2) is 31.1 Å². The molecule has 0 N–H and O–H groups in total. The maximum Gasteiger partial charge on any atom is 0.343 e. The predicted octanol–water partition coefficient (Wildman–Crippen LogP) is 17.1. The van der Waals surface area contributed by atoms with E-state index in [0.29, 0.717) is 41.7 Å². The Kier molecular flexibility index (Phi) is 25.2. The molecule has 0 aliphatic carbocycles. The number of unbranched alkanes of at least 4 members (excludes halogenated alkanes) is 20. The minimum absolute atomic E-state index is 0.190. The minimum atomic E-state index is -0.648. The van der Waals surface area contributed by atoms with Crippen LogP contribution < -0.4 is 23.7 Å². The van der Waals surface area contributed by atoms with Crippen molar-refractivity contribution in [1.29, 1.82) is 0 Å². The average molecular weight is 939 g/mol. The maximum absolute atomic E-state index is 13.0. The molecule has 0 aromatic heterocycles. The Labute approximate surface area is 411 Å². The molecule has 0 bridgehead atoms. The molecule has 0 saturated heterocycles. The van der Waals surface area contributed by atoms with Crippen LogP contribution in [0.3, 0.4) is 0 Å². The molecule has 0 atom stereocenters. The highest BCUT2D eigenvalue weighted by Crippen LogP contribution is 2.26. The Morgan fingerprint density at radius 2 is 0.623 bits per heavy atom. The van der Waals surface area contributed by atoms with E-state index < -0.39 is 17.9 Å². The van der Waals surface area contributed by atoms with Crippen molar-refractivity contribution < 1.29 is 38.1 Å². The first-order valence-electron chi connectivity index (χ1n) is 25.7. The second-order valence-electron chi connectivity index (χ2n) is 17.7. The lowest BCUT2D eigenvalue weighted by molar-refractivity contribution is 0.0716. The largest absolute Gasteiger partial charge is 0.494 e. The smallest absolute Gasteiger partial charge is 0.343 e. The van der Waals surface area contributed by atoms with Crippen LogP contribution in [-0.2, 0) is 0 Å². The van der Waals surface area contributed by atoms with Gasteiger partial charge in [-0.25, -0.2) is 14.4 Å². The van der Waals surface area contributed by atoms with Crippen molar-refractivity contribution >= 4 is 29.3 Å². The third kappa shape index (κ3) is 21.7. The Bertz CT molecular complexity index is 2240. The van der Waals surface area contributed by atoms with E-state index in [1.54, 1.807) is 66.7 Å². The number of nitrogens with zero attached hydrogens (tertiary/aromatic N) is 2. The van der Waals surface area contributed by atoms with E-state index in [9.17, 15) is 14.4 Å². The van der Waals surface area contributed by atoms with Gasteiger partial charge in [-0.2, -0.15) is 10.2 Å². The summed E-state index contributed by atoms with van der Waals surface area (Å²) in [7, 11) is 0. The first kappa shape index (κ1) is 53.7. The summed E-state index contributed by atoms with van der Waals surface area (Å²) in [5, 5.41) is 8.64. The quantitative estimate of drug-likeness (QED) is 0.0173. The van der Waals surface area contributed by atoms with Gasteiger partial charge in [0, 0.05) is 6.07 Å². The number of ether oxygens (including phenoxy) is 5. The third-order valence-electron chi connectivity index (χ3n) is 11.9. The summed E-state index contributed by atoms with van der Waals surface area (Å²) in [4.78, 5) is 38.8. The van der Waals surface area contributed by atoms with Gasteiger partial charge in [0.05, 0.1) is 41.3 Å². The summed E-state index contributed by atoms with van der Waals surface area (Å²) in [6.45, 7) is 5.85. The van der Waals surface area contributed by atoms with E-state index >= 15 is 0 Å². The molecule has 0 aliphatic heterocycles. The van der Waals surface area contributed by atoms with Crippen LogP contribution in [0.15, 0.2) is 132 Å². The molecule has 0 fully saturated rings. The van der Waals surface area contributed by atoms with Crippen LogP contribution in [0.4, 0.5) is 11.4 Å². The molecule has 0 radical (unpaired) electrons. The molecule has 10 heteroatoms. The zero-order valence-electron chi connectivity index (χ0n) is 41.2. The van der Waals surface area contributed by atoms with E-state index in [-0.39, 0.29) is 22.6 Å². The summed E-state index contributed by atoms with van der Waals surface area (Å²) >= 11 is 0. The van der Waals surface area contributed by atoms with Gasteiger partial charge in [-0.3, -0.25) is 0 Å². The molecule has 0 saturated carbocycles. The number of hydrogen-bond acceptors (Lipinski definition) is 10. The van der Waals surface area contributed by atoms with Crippen molar-refractivity contribution in [2.75, 3.05) is 13.2 Å². The SMILES string of the molecule is CCCCCCCCCCCCCCCCOc1ccc(N=Nc2ccc(OC(=O)c3ccc(C(=O)Oc4cccc(OC(=O)c5ccc(OCCCCCCCCCC)cc5)c4)cc3)cc2)cc1. The Morgan fingerprint density at radius 1 is 0.333 bits per heavy atom. The van der Waals surface area contributed by atoms with Gasteiger partial charge >= 0.3 is 17.9 Å². The lowest BCUT2D eigenvalue weighted by Gasteiger charge is -2.09. The van der Waals surface area contributed by atoms with E-state index in [4.69, 9.17) is 23.7 Å².